The zero-order chi connectivity index (χ0) is 36.0. The number of amides is 3. The minimum Gasteiger partial charge on any atom is -0.379 e. The SMILES string of the molecule is C=C(CN1CCOCC1)C(=O)Nc1cccc([C@@H]2CC(=O)N(CC)c3c2c(C)nn3-c2ccccc2)c1.NC(=O)c1cccc(C(F)(F)F)c1.[HH].[HH]. The van der Waals surface area contributed by atoms with Crippen LogP contribution in [-0.4, -0.2) is 71.8 Å². The number of nitrogens with two attached hydrogens (primary N) is 1. The van der Waals surface area contributed by atoms with Crippen LogP contribution in [0.15, 0.2) is 91.0 Å². The maximum absolute atomic E-state index is 13.3. The summed E-state index contributed by atoms with van der Waals surface area (Å²) in [7, 11) is 0. The number of fused-ring (bicyclic) bond motifs is 1. The standard InChI is InChI=1S/C29H33N5O3.C8H6F3NO.2H2/c1-4-33-26(35)18-25(27-21(3)31-34(29(27)33)24-11-6-5-7-12-24)22-9-8-10-23(17-22)30-28(36)20(2)19-32-13-15-37-16-14-32;9-8(10,11)6-3-1-2-5(4-6)7(12)13;;/h5-12,17,25H,2,4,13-16,18-19H2,1,3H3,(H,30,36);1-4H,(H2,12,13);2*1H/t25-;;;/m0.../s1. The molecule has 10 nitrogen and oxygen atoms in total. The van der Waals surface area contributed by atoms with Gasteiger partial charge >= 0.3 is 6.18 Å². The fourth-order valence-corrected chi connectivity index (χ4v) is 6.06. The van der Waals surface area contributed by atoms with Crippen molar-refractivity contribution in [3.05, 3.63) is 119 Å². The molecule has 1 saturated heterocycles. The molecular formula is C37H43F3N6O4. The van der Waals surface area contributed by atoms with Gasteiger partial charge in [-0.3, -0.25) is 24.2 Å². The number of hydrogen-bond acceptors (Lipinski definition) is 6. The molecule has 3 aromatic carbocycles. The molecule has 266 valence electrons. The highest BCUT2D eigenvalue weighted by Gasteiger charge is 2.37. The number of para-hydroxylation sites is 1. The molecule has 3 amide bonds. The van der Waals surface area contributed by atoms with E-state index in [2.05, 4.69) is 16.8 Å². The largest absolute Gasteiger partial charge is 0.416 e. The first-order valence-electron chi connectivity index (χ1n) is 16.2. The number of primary amides is 1. The van der Waals surface area contributed by atoms with Crippen molar-refractivity contribution in [1.82, 2.24) is 14.7 Å². The molecule has 1 aromatic heterocycles. The zero-order valence-corrected chi connectivity index (χ0v) is 27.9. The van der Waals surface area contributed by atoms with E-state index < -0.39 is 17.6 Å². The Hall–Kier alpha value is -5.27. The maximum atomic E-state index is 13.3. The van der Waals surface area contributed by atoms with Crippen LogP contribution < -0.4 is 16.0 Å². The number of hydrogen-bond donors (Lipinski definition) is 2. The highest BCUT2D eigenvalue weighted by Crippen LogP contribution is 2.43. The molecule has 6 rings (SSSR count). The summed E-state index contributed by atoms with van der Waals surface area (Å²) in [6.07, 6.45) is -4.09. The van der Waals surface area contributed by atoms with E-state index >= 15 is 0 Å². The molecule has 3 heterocycles. The summed E-state index contributed by atoms with van der Waals surface area (Å²) in [6.45, 7) is 12.0. The second-order valence-electron chi connectivity index (χ2n) is 12.0. The molecule has 0 saturated carbocycles. The van der Waals surface area contributed by atoms with E-state index in [4.69, 9.17) is 15.6 Å². The van der Waals surface area contributed by atoms with Gasteiger partial charge in [0.15, 0.2) is 0 Å². The van der Waals surface area contributed by atoms with Gasteiger partial charge in [-0.1, -0.05) is 43.0 Å². The van der Waals surface area contributed by atoms with Gasteiger partial charge in [0.2, 0.25) is 11.8 Å². The summed E-state index contributed by atoms with van der Waals surface area (Å²) in [4.78, 5) is 40.7. The number of aromatic nitrogens is 2. The number of halogens is 3. The molecule has 13 heteroatoms. The third-order valence-corrected chi connectivity index (χ3v) is 8.54. The Labute approximate surface area is 291 Å². The van der Waals surface area contributed by atoms with Crippen molar-refractivity contribution in [2.45, 2.75) is 32.4 Å². The van der Waals surface area contributed by atoms with Crippen LogP contribution >= 0.6 is 0 Å². The Kier molecular flexibility index (Phi) is 11.2. The Bertz CT molecular complexity index is 1880. The summed E-state index contributed by atoms with van der Waals surface area (Å²) in [5.74, 6) is -0.345. The van der Waals surface area contributed by atoms with Crippen LogP contribution in [0.25, 0.3) is 5.69 Å². The van der Waals surface area contributed by atoms with Gasteiger partial charge in [-0.05, 0) is 61.9 Å². The first kappa shape index (κ1) is 36.0. The number of carbonyl (C=O) groups excluding carboxylic acids is 3. The van der Waals surface area contributed by atoms with Crippen molar-refractivity contribution in [2.24, 2.45) is 5.73 Å². The quantitative estimate of drug-likeness (QED) is 0.212. The van der Waals surface area contributed by atoms with Gasteiger partial charge in [0, 0.05) is 63.8 Å². The number of alkyl halides is 3. The van der Waals surface area contributed by atoms with Crippen molar-refractivity contribution in [2.75, 3.05) is 49.6 Å². The molecule has 1 fully saturated rings. The summed E-state index contributed by atoms with van der Waals surface area (Å²) in [6, 6.07) is 21.6. The van der Waals surface area contributed by atoms with Crippen LogP contribution in [0.5, 0.6) is 0 Å². The van der Waals surface area contributed by atoms with E-state index in [1.54, 1.807) is 0 Å². The van der Waals surface area contributed by atoms with Gasteiger partial charge in [-0.2, -0.15) is 18.3 Å². The fourth-order valence-electron chi connectivity index (χ4n) is 6.06. The first-order valence-corrected chi connectivity index (χ1v) is 16.2. The lowest BCUT2D eigenvalue weighted by molar-refractivity contribution is -0.137. The maximum Gasteiger partial charge on any atom is 0.416 e. The van der Waals surface area contributed by atoms with E-state index in [1.807, 2.05) is 78.0 Å². The second kappa shape index (κ2) is 15.5. The molecule has 2 aliphatic heterocycles. The second-order valence-corrected chi connectivity index (χ2v) is 12.0. The topological polar surface area (TPSA) is 123 Å². The Morgan fingerprint density at radius 3 is 2.40 bits per heavy atom. The molecule has 0 unspecified atom stereocenters. The number of nitrogens with zero attached hydrogens (tertiary/aromatic N) is 4. The number of ether oxygens (including phenoxy) is 1. The first-order chi connectivity index (χ1) is 23.9. The third-order valence-electron chi connectivity index (χ3n) is 8.54. The van der Waals surface area contributed by atoms with Crippen LogP contribution in [0.3, 0.4) is 0 Å². The predicted molar refractivity (Wildman–Crippen MR) is 188 cm³/mol. The molecule has 1 atom stereocenters. The minimum absolute atomic E-state index is 0. The van der Waals surface area contributed by atoms with E-state index in [9.17, 15) is 27.6 Å². The van der Waals surface area contributed by atoms with Crippen molar-refractivity contribution in [3.8, 4) is 5.69 Å². The Morgan fingerprint density at radius 2 is 1.74 bits per heavy atom. The van der Waals surface area contributed by atoms with E-state index in [1.165, 1.54) is 6.07 Å². The average molecular weight is 693 g/mol. The molecule has 2 aliphatic rings. The van der Waals surface area contributed by atoms with Crippen molar-refractivity contribution >= 4 is 29.2 Å². The van der Waals surface area contributed by atoms with Crippen molar-refractivity contribution in [1.29, 1.82) is 0 Å². The number of anilines is 2. The lowest BCUT2D eigenvalue weighted by atomic mass is 9.85. The van der Waals surface area contributed by atoms with E-state index in [-0.39, 0.29) is 26.1 Å². The zero-order valence-electron chi connectivity index (χ0n) is 27.9. The average Bonchev–Trinajstić information content (AvgIpc) is 3.45. The fraction of sp³-hybridized carbons (Fsp3) is 0.297. The number of carbonyl (C=O) groups is 3. The number of aryl methyl sites for hydroxylation is 1. The summed E-state index contributed by atoms with van der Waals surface area (Å²) in [5.41, 5.74) is 8.83. The van der Waals surface area contributed by atoms with Crippen LogP contribution in [-0.2, 0) is 20.5 Å². The third kappa shape index (κ3) is 8.29. The van der Waals surface area contributed by atoms with E-state index in [0.717, 1.165) is 59.6 Å². The van der Waals surface area contributed by atoms with Gasteiger partial charge in [-0.25, -0.2) is 4.68 Å². The van der Waals surface area contributed by atoms with Gasteiger partial charge in [0.25, 0.3) is 5.91 Å². The molecule has 0 spiro atoms. The summed E-state index contributed by atoms with van der Waals surface area (Å²) >= 11 is 0. The predicted octanol–water partition coefficient (Wildman–Crippen LogP) is 6.19. The molecule has 0 bridgehead atoms. The number of nitrogens with one attached hydrogen (secondary N) is 1. The molecule has 0 radical (unpaired) electrons. The van der Waals surface area contributed by atoms with Crippen molar-refractivity contribution < 1.29 is 35.1 Å². The van der Waals surface area contributed by atoms with Gasteiger partial charge < -0.3 is 15.8 Å². The van der Waals surface area contributed by atoms with Gasteiger partial charge in [0.05, 0.1) is 30.2 Å². The van der Waals surface area contributed by atoms with Gasteiger partial charge in [0.1, 0.15) is 5.82 Å². The summed E-state index contributed by atoms with van der Waals surface area (Å²) < 4.78 is 43.5. The van der Waals surface area contributed by atoms with Crippen LogP contribution in [0.1, 0.15) is 54.9 Å². The monoisotopic (exact) mass is 692 g/mol. The van der Waals surface area contributed by atoms with Crippen LogP contribution in [0, 0.1) is 6.92 Å². The smallest absolute Gasteiger partial charge is 0.379 e. The molecule has 3 N–H and O–H groups in total. The summed E-state index contributed by atoms with van der Waals surface area (Å²) in [5, 5.41) is 7.85. The number of morpholine rings is 1. The van der Waals surface area contributed by atoms with Crippen LogP contribution in [0.4, 0.5) is 24.7 Å². The highest BCUT2D eigenvalue weighted by atomic mass is 19.4. The van der Waals surface area contributed by atoms with Gasteiger partial charge in [-0.15, -0.1) is 0 Å². The molecule has 4 aromatic rings. The molecular weight excluding hydrogens is 649 g/mol. The van der Waals surface area contributed by atoms with E-state index in [0.29, 0.717) is 44.0 Å². The highest BCUT2D eigenvalue weighted by molar-refractivity contribution is 6.03. The number of benzene rings is 3. The lowest BCUT2D eigenvalue weighted by Crippen LogP contribution is -2.38. The Balaban J connectivity index is 0.000000414. The minimum atomic E-state index is -4.44. The van der Waals surface area contributed by atoms with Crippen molar-refractivity contribution in [3.63, 3.8) is 0 Å². The number of rotatable bonds is 8. The molecule has 50 heavy (non-hydrogen) atoms. The molecule has 0 aliphatic carbocycles. The normalized spacial score (nSPS) is 16.2. The Morgan fingerprint density at radius 1 is 1.04 bits per heavy atom. The van der Waals surface area contributed by atoms with Crippen LogP contribution in [0.2, 0.25) is 0 Å². The lowest BCUT2D eigenvalue weighted by Gasteiger charge is -2.32.